The molecule has 0 saturated carbocycles. The zero-order valence-electron chi connectivity index (χ0n) is 10.1. The standard InChI is InChI=1S/C12H21NO2S/c1-11(14)8-13(5-3-6-15-2)9-12-4-7-16-10-12/h4,7,10-11,14H,3,5-6,8-9H2,1-2H3. The molecule has 1 atom stereocenters. The maximum atomic E-state index is 9.44. The summed E-state index contributed by atoms with van der Waals surface area (Å²) in [6.45, 7) is 5.21. The van der Waals surface area contributed by atoms with Crippen molar-refractivity contribution in [2.24, 2.45) is 0 Å². The van der Waals surface area contributed by atoms with Crippen LogP contribution in [0.1, 0.15) is 18.9 Å². The fourth-order valence-corrected chi connectivity index (χ4v) is 2.34. The Balaban J connectivity index is 2.37. The van der Waals surface area contributed by atoms with Crippen LogP contribution in [0, 0.1) is 0 Å². The third-order valence-corrected chi connectivity index (χ3v) is 3.06. The van der Waals surface area contributed by atoms with Gasteiger partial charge in [-0.2, -0.15) is 11.3 Å². The SMILES string of the molecule is COCCCN(Cc1ccsc1)CC(C)O. The minimum absolute atomic E-state index is 0.277. The van der Waals surface area contributed by atoms with Gasteiger partial charge in [-0.25, -0.2) is 0 Å². The minimum Gasteiger partial charge on any atom is -0.392 e. The smallest absolute Gasteiger partial charge is 0.0639 e. The Labute approximate surface area is 102 Å². The quantitative estimate of drug-likeness (QED) is 0.709. The second-order valence-corrected chi connectivity index (χ2v) is 4.84. The number of thiophene rings is 1. The largest absolute Gasteiger partial charge is 0.392 e. The Morgan fingerprint density at radius 3 is 2.94 bits per heavy atom. The number of aliphatic hydroxyl groups excluding tert-OH is 1. The highest BCUT2D eigenvalue weighted by molar-refractivity contribution is 7.07. The summed E-state index contributed by atoms with van der Waals surface area (Å²) in [6, 6.07) is 2.13. The van der Waals surface area contributed by atoms with Gasteiger partial charge in [0.2, 0.25) is 0 Å². The average molecular weight is 243 g/mol. The molecule has 92 valence electrons. The summed E-state index contributed by atoms with van der Waals surface area (Å²) in [5.41, 5.74) is 1.32. The third-order valence-electron chi connectivity index (χ3n) is 2.33. The van der Waals surface area contributed by atoms with Crippen molar-refractivity contribution in [3.05, 3.63) is 22.4 Å². The van der Waals surface area contributed by atoms with Gasteiger partial charge >= 0.3 is 0 Å². The molecule has 1 aromatic heterocycles. The molecule has 1 unspecified atom stereocenters. The van der Waals surface area contributed by atoms with Gasteiger partial charge in [0.15, 0.2) is 0 Å². The molecular weight excluding hydrogens is 222 g/mol. The number of rotatable bonds is 8. The summed E-state index contributed by atoms with van der Waals surface area (Å²) in [5.74, 6) is 0. The summed E-state index contributed by atoms with van der Waals surface area (Å²) >= 11 is 1.71. The highest BCUT2D eigenvalue weighted by atomic mass is 32.1. The molecule has 0 aromatic carbocycles. The lowest BCUT2D eigenvalue weighted by Crippen LogP contribution is -2.31. The van der Waals surface area contributed by atoms with Gasteiger partial charge in [-0.05, 0) is 35.7 Å². The first kappa shape index (κ1) is 13.6. The van der Waals surface area contributed by atoms with Crippen LogP contribution < -0.4 is 0 Å². The number of nitrogens with zero attached hydrogens (tertiary/aromatic N) is 1. The van der Waals surface area contributed by atoms with E-state index in [0.717, 1.165) is 32.7 Å². The van der Waals surface area contributed by atoms with Gasteiger partial charge < -0.3 is 9.84 Å². The van der Waals surface area contributed by atoms with Crippen molar-refractivity contribution in [3.63, 3.8) is 0 Å². The van der Waals surface area contributed by atoms with Crippen LogP contribution in [-0.4, -0.2) is 42.9 Å². The number of methoxy groups -OCH3 is 1. The second kappa shape index (κ2) is 7.79. The maximum absolute atomic E-state index is 9.44. The normalized spacial score (nSPS) is 13.2. The van der Waals surface area contributed by atoms with Gasteiger partial charge in [0.05, 0.1) is 6.10 Å². The molecule has 0 bridgehead atoms. The van der Waals surface area contributed by atoms with Gasteiger partial charge in [-0.15, -0.1) is 0 Å². The van der Waals surface area contributed by atoms with Crippen molar-refractivity contribution in [3.8, 4) is 0 Å². The van der Waals surface area contributed by atoms with Crippen LogP contribution in [0.5, 0.6) is 0 Å². The first-order chi connectivity index (χ1) is 7.72. The van der Waals surface area contributed by atoms with Crippen molar-refractivity contribution in [2.75, 3.05) is 26.8 Å². The Kier molecular flexibility index (Phi) is 6.64. The first-order valence-electron chi connectivity index (χ1n) is 5.63. The highest BCUT2D eigenvalue weighted by Crippen LogP contribution is 2.10. The predicted molar refractivity (Wildman–Crippen MR) is 67.8 cm³/mol. The molecule has 0 amide bonds. The molecule has 0 fully saturated rings. The van der Waals surface area contributed by atoms with Crippen LogP contribution in [0.25, 0.3) is 0 Å². The van der Waals surface area contributed by atoms with Crippen LogP contribution >= 0.6 is 11.3 Å². The average Bonchev–Trinajstić information content (AvgIpc) is 2.69. The molecule has 0 aliphatic carbocycles. The summed E-state index contributed by atoms with van der Waals surface area (Å²) in [4.78, 5) is 2.27. The molecule has 0 radical (unpaired) electrons. The molecule has 3 nitrogen and oxygen atoms in total. The van der Waals surface area contributed by atoms with Gasteiger partial charge in [-0.3, -0.25) is 4.90 Å². The van der Waals surface area contributed by atoms with E-state index in [1.807, 2.05) is 6.92 Å². The molecule has 4 heteroatoms. The van der Waals surface area contributed by atoms with Crippen molar-refractivity contribution < 1.29 is 9.84 Å². The number of aliphatic hydroxyl groups is 1. The van der Waals surface area contributed by atoms with E-state index >= 15 is 0 Å². The topological polar surface area (TPSA) is 32.7 Å². The van der Waals surface area contributed by atoms with Gasteiger partial charge in [0, 0.05) is 33.4 Å². The number of hydrogen-bond donors (Lipinski definition) is 1. The van der Waals surface area contributed by atoms with E-state index in [-0.39, 0.29) is 6.10 Å². The Morgan fingerprint density at radius 2 is 2.38 bits per heavy atom. The second-order valence-electron chi connectivity index (χ2n) is 4.06. The van der Waals surface area contributed by atoms with Gasteiger partial charge in [0.25, 0.3) is 0 Å². The van der Waals surface area contributed by atoms with Crippen molar-refractivity contribution in [2.45, 2.75) is 26.0 Å². The van der Waals surface area contributed by atoms with E-state index < -0.39 is 0 Å². The predicted octanol–water partition coefficient (Wildman–Crippen LogP) is 1.97. The van der Waals surface area contributed by atoms with Crippen molar-refractivity contribution in [1.82, 2.24) is 4.90 Å². The van der Waals surface area contributed by atoms with Gasteiger partial charge in [0.1, 0.15) is 0 Å². The highest BCUT2D eigenvalue weighted by Gasteiger charge is 2.08. The van der Waals surface area contributed by atoms with Crippen LogP contribution in [0.2, 0.25) is 0 Å². The number of ether oxygens (including phenoxy) is 1. The van der Waals surface area contributed by atoms with Crippen molar-refractivity contribution in [1.29, 1.82) is 0 Å². The van der Waals surface area contributed by atoms with Crippen molar-refractivity contribution >= 4 is 11.3 Å². The fraction of sp³-hybridized carbons (Fsp3) is 0.667. The lowest BCUT2D eigenvalue weighted by atomic mass is 10.2. The van der Waals surface area contributed by atoms with Crippen LogP contribution in [0.3, 0.4) is 0 Å². The molecular formula is C12H21NO2S. The summed E-state index contributed by atoms with van der Waals surface area (Å²) in [5, 5.41) is 13.7. The molecule has 0 saturated heterocycles. The molecule has 0 spiro atoms. The van der Waals surface area contributed by atoms with E-state index in [2.05, 4.69) is 21.7 Å². The molecule has 1 rings (SSSR count). The van der Waals surface area contributed by atoms with Crippen LogP contribution in [0.15, 0.2) is 16.8 Å². The first-order valence-corrected chi connectivity index (χ1v) is 6.57. The summed E-state index contributed by atoms with van der Waals surface area (Å²) in [7, 11) is 1.72. The molecule has 1 N–H and O–H groups in total. The van der Waals surface area contributed by atoms with E-state index in [1.54, 1.807) is 18.4 Å². The zero-order valence-corrected chi connectivity index (χ0v) is 10.9. The fourth-order valence-electron chi connectivity index (χ4n) is 1.68. The van der Waals surface area contributed by atoms with Crippen LogP contribution in [-0.2, 0) is 11.3 Å². The summed E-state index contributed by atoms with van der Waals surface area (Å²) < 4.78 is 5.05. The molecule has 1 heterocycles. The molecule has 0 aliphatic rings. The van der Waals surface area contributed by atoms with E-state index in [9.17, 15) is 5.11 Å². The Bertz CT molecular complexity index is 262. The van der Waals surface area contributed by atoms with Gasteiger partial charge in [-0.1, -0.05) is 0 Å². The zero-order chi connectivity index (χ0) is 11.8. The maximum Gasteiger partial charge on any atom is 0.0639 e. The Morgan fingerprint density at radius 1 is 1.56 bits per heavy atom. The number of hydrogen-bond acceptors (Lipinski definition) is 4. The lowest BCUT2D eigenvalue weighted by molar-refractivity contribution is 0.111. The molecule has 1 aromatic rings. The molecule has 16 heavy (non-hydrogen) atoms. The Hall–Kier alpha value is -0.420. The van der Waals surface area contributed by atoms with E-state index in [1.165, 1.54) is 5.56 Å². The third kappa shape index (κ3) is 5.61. The lowest BCUT2D eigenvalue weighted by Gasteiger charge is -2.23. The van der Waals surface area contributed by atoms with E-state index in [0.29, 0.717) is 0 Å². The minimum atomic E-state index is -0.277. The van der Waals surface area contributed by atoms with Crippen LogP contribution in [0.4, 0.5) is 0 Å². The molecule has 0 aliphatic heterocycles. The van der Waals surface area contributed by atoms with E-state index in [4.69, 9.17) is 4.74 Å². The monoisotopic (exact) mass is 243 g/mol. The summed E-state index contributed by atoms with van der Waals surface area (Å²) in [6.07, 6.45) is 0.731.